The molecule has 0 heterocycles. The van der Waals surface area contributed by atoms with Gasteiger partial charge in [-0.1, -0.05) is 29.3 Å². The molecular weight excluding hydrogens is 478 g/mol. The second-order valence-electron chi connectivity index (χ2n) is 5.40. The molecule has 6 nitrogen and oxygen atoms in total. The highest BCUT2D eigenvalue weighted by Gasteiger charge is 2.12. The Balaban J connectivity index is 0.00000576. The van der Waals surface area contributed by atoms with E-state index in [1.165, 1.54) is 4.90 Å². The van der Waals surface area contributed by atoms with Crippen LogP contribution in [0, 0.1) is 0 Å². The largest absolute Gasteiger partial charge is 0.383 e. The molecule has 0 aliphatic carbocycles. The molecule has 0 saturated carbocycles. The quantitative estimate of drug-likeness (QED) is 0.260. The lowest BCUT2D eigenvalue weighted by molar-refractivity contribution is -0.127. The first kappa shape index (κ1) is 24.2. The first-order valence-electron chi connectivity index (χ1n) is 7.54. The molecule has 142 valence electrons. The Kier molecular flexibility index (Phi) is 12.2. The average molecular weight is 503 g/mol. The van der Waals surface area contributed by atoms with E-state index < -0.39 is 0 Å². The third-order valence-electron chi connectivity index (χ3n) is 3.25. The zero-order valence-corrected chi connectivity index (χ0v) is 18.6. The van der Waals surface area contributed by atoms with Gasteiger partial charge in [-0.2, -0.15) is 0 Å². The second kappa shape index (κ2) is 12.6. The number of amides is 1. The number of halogens is 3. The number of rotatable bonds is 7. The molecule has 0 bridgehead atoms. The van der Waals surface area contributed by atoms with E-state index in [1.54, 1.807) is 33.3 Å². The van der Waals surface area contributed by atoms with Gasteiger partial charge in [0.05, 0.1) is 12.6 Å². The van der Waals surface area contributed by atoms with Crippen LogP contribution < -0.4 is 10.6 Å². The van der Waals surface area contributed by atoms with Gasteiger partial charge in [0.2, 0.25) is 5.91 Å². The first-order valence-corrected chi connectivity index (χ1v) is 8.29. The lowest BCUT2D eigenvalue weighted by Gasteiger charge is -2.20. The molecule has 0 aliphatic rings. The van der Waals surface area contributed by atoms with E-state index in [4.69, 9.17) is 27.9 Å². The Hall–Kier alpha value is -0.770. The Morgan fingerprint density at radius 2 is 2.04 bits per heavy atom. The van der Waals surface area contributed by atoms with Crippen LogP contribution in [0.4, 0.5) is 0 Å². The van der Waals surface area contributed by atoms with E-state index in [0.29, 0.717) is 29.2 Å². The van der Waals surface area contributed by atoms with Gasteiger partial charge in [0.25, 0.3) is 0 Å². The number of carbonyl (C=O) groups is 1. The van der Waals surface area contributed by atoms with Crippen molar-refractivity contribution < 1.29 is 9.53 Å². The molecule has 0 aliphatic heterocycles. The topological polar surface area (TPSA) is 66.0 Å². The number of hydrogen-bond acceptors (Lipinski definition) is 3. The highest BCUT2D eigenvalue weighted by molar-refractivity contribution is 14.0. The molecule has 1 aromatic carbocycles. The van der Waals surface area contributed by atoms with Crippen LogP contribution in [-0.4, -0.2) is 57.7 Å². The van der Waals surface area contributed by atoms with Crippen LogP contribution in [0.3, 0.4) is 0 Å². The minimum Gasteiger partial charge on any atom is -0.383 e. The van der Waals surface area contributed by atoms with Crippen LogP contribution in [0.15, 0.2) is 23.2 Å². The Bertz CT molecular complexity index is 585. The van der Waals surface area contributed by atoms with E-state index in [0.717, 1.165) is 5.56 Å². The molecule has 25 heavy (non-hydrogen) atoms. The molecule has 0 fully saturated rings. The molecule has 9 heteroatoms. The molecule has 0 saturated heterocycles. The van der Waals surface area contributed by atoms with Crippen LogP contribution in [0.5, 0.6) is 0 Å². The molecule has 2 N–H and O–H groups in total. The molecule has 0 spiro atoms. The number of guanidine groups is 1. The van der Waals surface area contributed by atoms with Crippen molar-refractivity contribution in [2.45, 2.75) is 13.0 Å². The van der Waals surface area contributed by atoms with Crippen molar-refractivity contribution in [2.75, 3.05) is 40.9 Å². The highest BCUT2D eigenvalue weighted by atomic mass is 127. The van der Waals surface area contributed by atoms with Crippen molar-refractivity contribution in [1.29, 1.82) is 0 Å². The Labute approximate surface area is 176 Å². The number of methoxy groups -OCH3 is 1. The SMILES string of the molecule is COCCNC(=NCC(=O)N(C)C)NC(C)c1ccc(Cl)cc1Cl.I. The van der Waals surface area contributed by atoms with Crippen molar-refractivity contribution in [1.82, 2.24) is 15.5 Å². The van der Waals surface area contributed by atoms with Crippen LogP contribution >= 0.6 is 47.2 Å². The predicted molar refractivity (Wildman–Crippen MR) is 114 cm³/mol. The second-order valence-corrected chi connectivity index (χ2v) is 6.25. The summed E-state index contributed by atoms with van der Waals surface area (Å²) in [6.45, 7) is 3.10. The van der Waals surface area contributed by atoms with Gasteiger partial charge < -0.3 is 20.3 Å². The number of nitrogens with zero attached hydrogens (tertiary/aromatic N) is 2. The molecule has 1 unspecified atom stereocenters. The van der Waals surface area contributed by atoms with Crippen LogP contribution in [0.25, 0.3) is 0 Å². The molecule has 1 aromatic rings. The summed E-state index contributed by atoms with van der Waals surface area (Å²) in [5.74, 6) is 0.431. The standard InChI is InChI=1S/C16H24Cl2N4O2.HI/c1-11(13-6-5-12(17)9-14(13)18)21-16(19-7-8-24-4)20-10-15(23)22(2)3;/h5-6,9,11H,7-8,10H2,1-4H3,(H2,19,20,21);1H. The van der Waals surface area contributed by atoms with Crippen molar-refractivity contribution >= 4 is 59.0 Å². The number of likely N-dealkylation sites (N-methyl/N-ethyl adjacent to an activating group) is 1. The van der Waals surface area contributed by atoms with Crippen molar-refractivity contribution in [3.05, 3.63) is 33.8 Å². The molecule has 1 rings (SSSR count). The van der Waals surface area contributed by atoms with Crippen molar-refractivity contribution in [3.63, 3.8) is 0 Å². The van der Waals surface area contributed by atoms with E-state index in [9.17, 15) is 4.79 Å². The number of nitrogens with one attached hydrogen (secondary N) is 2. The normalized spacial score (nSPS) is 12.2. The molecule has 0 radical (unpaired) electrons. The molecular formula is C16H25Cl2IN4O2. The lowest BCUT2D eigenvalue weighted by atomic mass is 10.1. The maximum Gasteiger partial charge on any atom is 0.243 e. The molecule has 0 aromatic heterocycles. The number of hydrogen-bond donors (Lipinski definition) is 2. The monoisotopic (exact) mass is 502 g/mol. The maximum atomic E-state index is 11.7. The summed E-state index contributed by atoms with van der Waals surface area (Å²) >= 11 is 12.2. The minimum absolute atomic E-state index is 0. The van der Waals surface area contributed by atoms with Gasteiger partial charge in [-0.15, -0.1) is 24.0 Å². The van der Waals surface area contributed by atoms with Gasteiger partial charge in [-0.05, 0) is 24.6 Å². The average Bonchev–Trinajstić information content (AvgIpc) is 2.51. The van der Waals surface area contributed by atoms with Gasteiger partial charge in [-0.3, -0.25) is 4.79 Å². The minimum atomic E-state index is -0.113. The summed E-state index contributed by atoms with van der Waals surface area (Å²) in [6, 6.07) is 5.23. The van der Waals surface area contributed by atoms with Gasteiger partial charge in [0.15, 0.2) is 5.96 Å². The summed E-state index contributed by atoms with van der Waals surface area (Å²) in [7, 11) is 5.01. The fraction of sp³-hybridized carbons (Fsp3) is 0.500. The maximum absolute atomic E-state index is 11.7. The zero-order chi connectivity index (χ0) is 18.1. The van der Waals surface area contributed by atoms with E-state index in [-0.39, 0.29) is 42.5 Å². The van der Waals surface area contributed by atoms with E-state index >= 15 is 0 Å². The predicted octanol–water partition coefficient (Wildman–Crippen LogP) is 2.94. The van der Waals surface area contributed by atoms with Crippen molar-refractivity contribution in [3.8, 4) is 0 Å². The van der Waals surface area contributed by atoms with Crippen LogP contribution in [0.1, 0.15) is 18.5 Å². The summed E-state index contributed by atoms with van der Waals surface area (Å²) in [5.41, 5.74) is 0.890. The number of carbonyl (C=O) groups excluding carboxylic acids is 1. The smallest absolute Gasteiger partial charge is 0.243 e. The van der Waals surface area contributed by atoms with Crippen LogP contribution in [-0.2, 0) is 9.53 Å². The zero-order valence-electron chi connectivity index (χ0n) is 14.8. The number of benzene rings is 1. The summed E-state index contributed by atoms with van der Waals surface area (Å²) < 4.78 is 5.02. The highest BCUT2D eigenvalue weighted by Crippen LogP contribution is 2.25. The molecule has 1 atom stereocenters. The van der Waals surface area contributed by atoms with Gasteiger partial charge in [-0.25, -0.2) is 4.99 Å². The first-order chi connectivity index (χ1) is 11.3. The summed E-state index contributed by atoms with van der Waals surface area (Å²) in [5, 5.41) is 7.51. The fourth-order valence-corrected chi connectivity index (χ4v) is 2.42. The van der Waals surface area contributed by atoms with Gasteiger partial charge in [0.1, 0.15) is 6.54 Å². The van der Waals surface area contributed by atoms with Crippen molar-refractivity contribution in [2.24, 2.45) is 4.99 Å². The van der Waals surface area contributed by atoms with Gasteiger partial charge >= 0.3 is 0 Å². The molecule has 1 amide bonds. The third-order valence-corrected chi connectivity index (χ3v) is 3.81. The van der Waals surface area contributed by atoms with Crippen LogP contribution in [0.2, 0.25) is 10.0 Å². The summed E-state index contributed by atoms with van der Waals surface area (Å²) in [6.07, 6.45) is 0. The van der Waals surface area contributed by atoms with E-state index in [2.05, 4.69) is 15.6 Å². The number of ether oxygens (including phenoxy) is 1. The summed E-state index contributed by atoms with van der Waals surface area (Å²) in [4.78, 5) is 17.5. The van der Waals surface area contributed by atoms with E-state index in [1.807, 2.05) is 13.0 Å². The number of aliphatic imine (C=N–C) groups is 1. The Morgan fingerprint density at radius 1 is 1.36 bits per heavy atom. The Morgan fingerprint density at radius 3 is 2.60 bits per heavy atom. The fourth-order valence-electron chi connectivity index (χ4n) is 1.85. The third kappa shape index (κ3) is 8.94. The van der Waals surface area contributed by atoms with Gasteiger partial charge in [0, 0.05) is 37.8 Å². The lowest BCUT2D eigenvalue weighted by Crippen LogP contribution is -2.41.